The van der Waals surface area contributed by atoms with Gasteiger partial charge < -0.3 is 9.38 Å². The van der Waals surface area contributed by atoms with Gasteiger partial charge in [-0.15, -0.1) is 0 Å². The molecule has 4 aromatic carbocycles. The van der Waals surface area contributed by atoms with Crippen LogP contribution in [0.2, 0.25) is 0 Å². The number of anilines is 2. The molecule has 1 aromatic heterocycles. The van der Waals surface area contributed by atoms with Crippen LogP contribution in [0.15, 0.2) is 72.8 Å². The Balaban J connectivity index is 1.94. The molecule has 0 unspecified atom stereocenters. The Morgan fingerprint density at radius 1 is 0.477 bits per heavy atom. The Morgan fingerprint density at radius 2 is 0.841 bits per heavy atom. The largest absolute Gasteiger partial charge is 0.375 e. The van der Waals surface area contributed by atoms with Gasteiger partial charge in [0.1, 0.15) is 0 Å². The normalized spacial score (nSPS) is 14.4. The molecular formula is C41H51BN2. The minimum atomic E-state index is -0.0507. The third-order valence-corrected chi connectivity index (χ3v) is 9.78. The maximum atomic E-state index is 2.76. The maximum Gasteiger partial charge on any atom is 0.332 e. The summed E-state index contributed by atoms with van der Waals surface area (Å²) < 4.78 is 2.76. The molecule has 0 N–H and O–H groups in total. The number of rotatable bonds is 1. The molecule has 0 atom stereocenters. The van der Waals surface area contributed by atoms with Crippen molar-refractivity contribution in [2.75, 3.05) is 11.9 Å². The van der Waals surface area contributed by atoms with Gasteiger partial charge in [-0.2, -0.15) is 0 Å². The van der Waals surface area contributed by atoms with Crippen molar-refractivity contribution in [1.29, 1.82) is 0 Å². The number of hydrogen-bond donors (Lipinski definition) is 0. The quantitative estimate of drug-likeness (QED) is 0.179. The predicted octanol–water partition coefficient (Wildman–Crippen LogP) is 9.72. The zero-order valence-corrected chi connectivity index (χ0v) is 29.4. The lowest BCUT2D eigenvalue weighted by atomic mass is 9.47. The van der Waals surface area contributed by atoms with Gasteiger partial charge in [-0.25, -0.2) is 0 Å². The zero-order valence-electron chi connectivity index (χ0n) is 29.4. The van der Waals surface area contributed by atoms with Crippen molar-refractivity contribution >= 4 is 51.0 Å². The summed E-state index contributed by atoms with van der Waals surface area (Å²) in [4.78, 5) is 2.37. The van der Waals surface area contributed by atoms with Crippen LogP contribution in [0.1, 0.15) is 105 Å². The van der Waals surface area contributed by atoms with Crippen molar-refractivity contribution in [2.24, 2.45) is 0 Å². The van der Waals surface area contributed by atoms with Crippen LogP contribution >= 0.6 is 0 Å². The second-order valence-corrected chi connectivity index (χ2v) is 17.3. The average Bonchev–Trinajstić information content (AvgIpc) is 3.24. The SMILES string of the molecule is CN1c2ccccc2B(n2c3c(C(C)(C)C)cc(C(C)(C)C)cc3c3cc(C(C)(C)C)cc(C(C)(C)C)c32)c2ccccc21. The van der Waals surface area contributed by atoms with E-state index < -0.39 is 0 Å². The average molecular weight is 583 g/mol. The highest BCUT2D eigenvalue weighted by Crippen LogP contribution is 2.45. The first kappa shape index (κ1) is 30.6. The minimum Gasteiger partial charge on any atom is -0.375 e. The van der Waals surface area contributed by atoms with Crippen LogP contribution in [-0.2, 0) is 21.7 Å². The highest BCUT2D eigenvalue weighted by Gasteiger charge is 2.39. The Morgan fingerprint density at radius 3 is 1.18 bits per heavy atom. The highest BCUT2D eigenvalue weighted by molar-refractivity contribution is 6.88. The fraction of sp³-hybridized carbons (Fsp3) is 0.415. The molecule has 2 nitrogen and oxygen atoms in total. The highest BCUT2D eigenvalue weighted by atomic mass is 15.1. The van der Waals surface area contributed by atoms with Crippen LogP contribution in [-0.4, -0.2) is 18.4 Å². The molecule has 0 bridgehead atoms. The maximum absolute atomic E-state index is 2.76. The summed E-state index contributed by atoms with van der Waals surface area (Å²) in [6.45, 7) is 28.5. The summed E-state index contributed by atoms with van der Waals surface area (Å²) in [6.07, 6.45) is 0. The Hall–Kier alpha value is -3.46. The third kappa shape index (κ3) is 4.79. The molecule has 2 heterocycles. The summed E-state index contributed by atoms with van der Waals surface area (Å²) >= 11 is 0. The van der Waals surface area contributed by atoms with Crippen molar-refractivity contribution < 1.29 is 0 Å². The third-order valence-electron chi connectivity index (χ3n) is 9.78. The number of aromatic nitrogens is 1. The molecule has 0 radical (unpaired) electrons. The van der Waals surface area contributed by atoms with E-state index in [2.05, 4.69) is 172 Å². The molecule has 1 aliphatic rings. The van der Waals surface area contributed by atoms with E-state index in [1.165, 1.54) is 66.4 Å². The molecule has 1 aliphatic heterocycles. The van der Waals surface area contributed by atoms with Crippen molar-refractivity contribution in [1.82, 2.24) is 4.48 Å². The van der Waals surface area contributed by atoms with E-state index in [1.54, 1.807) is 0 Å². The van der Waals surface area contributed by atoms with Gasteiger partial charge in [-0.3, -0.25) is 0 Å². The van der Waals surface area contributed by atoms with Crippen LogP contribution in [0.4, 0.5) is 11.4 Å². The molecule has 0 fully saturated rings. The smallest absolute Gasteiger partial charge is 0.332 e. The first-order valence-corrected chi connectivity index (χ1v) is 16.4. The summed E-state index contributed by atoms with van der Waals surface area (Å²) in [5, 5.41) is 2.76. The minimum absolute atomic E-state index is 0.0316. The van der Waals surface area contributed by atoms with Crippen LogP contribution in [0.5, 0.6) is 0 Å². The van der Waals surface area contributed by atoms with E-state index in [4.69, 9.17) is 0 Å². The van der Waals surface area contributed by atoms with Crippen LogP contribution in [0.25, 0.3) is 21.8 Å². The lowest BCUT2D eigenvalue weighted by molar-refractivity contribution is 0.571. The Labute approximate surface area is 266 Å². The van der Waals surface area contributed by atoms with E-state index >= 15 is 0 Å². The number of para-hydroxylation sites is 2. The summed E-state index contributed by atoms with van der Waals surface area (Å²) in [5.74, 6) is 0. The van der Waals surface area contributed by atoms with Gasteiger partial charge in [0.15, 0.2) is 0 Å². The molecule has 6 rings (SSSR count). The van der Waals surface area contributed by atoms with Gasteiger partial charge in [0.2, 0.25) is 0 Å². The molecule has 0 spiro atoms. The van der Waals surface area contributed by atoms with E-state index in [9.17, 15) is 0 Å². The molecule has 3 heteroatoms. The van der Waals surface area contributed by atoms with Crippen molar-refractivity contribution in [3.05, 3.63) is 95.1 Å². The van der Waals surface area contributed by atoms with Crippen LogP contribution in [0, 0.1) is 0 Å². The van der Waals surface area contributed by atoms with E-state index in [0.717, 1.165) is 0 Å². The van der Waals surface area contributed by atoms with Gasteiger partial charge in [0.05, 0.1) is 0 Å². The van der Waals surface area contributed by atoms with E-state index in [-0.39, 0.29) is 28.5 Å². The van der Waals surface area contributed by atoms with Gasteiger partial charge >= 0.3 is 6.85 Å². The Bertz CT molecular complexity index is 1780. The fourth-order valence-electron chi connectivity index (χ4n) is 7.20. The fourth-order valence-corrected chi connectivity index (χ4v) is 7.20. The van der Waals surface area contributed by atoms with Crippen LogP contribution in [0.3, 0.4) is 0 Å². The first-order valence-electron chi connectivity index (χ1n) is 16.4. The first-order chi connectivity index (χ1) is 20.3. The van der Waals surface area contributed by atoms with E-state index in [1.807, 2.05) is 0 Å². The lowest BCUT2D eigenvalue weighted by Gasteiger charge is -2.36. The monoisotopic (exact) mass is 582 g/mol. The summed E-state index contributed by atoms with van der Waals surface area (Å²) in [6, 6.07) is 28.2. The molecule has 0 aliphatic carbocycles. The topological polar surface area (TPSA) is 8.17 Å². The Kier molecular flexibility index (Phi) is 6.79. The van der Waals surface area contributed by atoms with Crippen molar-refractivity contribution in [2.45, 2.75) is 105 Å². The molecular weight excluding hydrogens is 531 g/mol. The van der Waals surface area contributed by atoms with Crippen molar-refractivity contribution in [3.63, 3.8) is 0 Å². The van der Waals surface area contributed by atoms with Crippen molar-refractivity contribution in [3.8, 4) is 0 Å². The lowest BCUT2D eigenvalue weighted by Crippen LogP contribution is -2.55. The van der Waals surface area contributed by atoms with Gasteiger partial charge in [-0.1, -0.05) is 132 Å². The number of fused-ring (bicyclic) bond motifs is 5. The number of hydrogen-bond acceptors (Lipinski definition) is 1. The molecule has 0 saturated heterocycles. The predicted molar refractivity (Wildman–Crippen MR) is 196 cm³/mol. The molecule has 44 heavy (non-hydrogen) atoms. The van der Waals surface area contributed by atoms with Gasteiger partial charge in [0.25, 0.3) is 0 Å². The van der Waals surface area contributed by atoms with Crippen LogP contribution < -0.4 is 15.8 Å². The van der Waals surface area contributed by atoms with Gasteiger partial charge in [-0.05, 0) is 79.1 Å². The van der Waals surface area contributed by atoms with Gasteiger partial charge in [0, 0.05) is 40.2 Å². The molecule has 5 aromatic rings. The second kappa shape index (κ2) is 9.77. The number of nitrogens with zero attached hydrogens (tertiary/aromatic N) is 2. The number of benzene rings is 4. The molecule has 228 valence electrons. The second-order valence-electron chi connectivity index (χ2n) is 17.3. The summed E-state index contributed by atoms with van der Waals surface area (Å²) in [7, 11) is 2.21. The zero-order chi connectivity index (χ0) is 32.1. The standard InChI is InChI=1S/C41H51BN2/c1-38(2,3)26-22-28-29-23-27(39(4,5)6)25-31(41(10,11)12)37(29)44(36(28)30(24-26)40(7,8)9)42-32-18-14-16-20-34(32)43(13)35-21-17-15-19-33(35)42/h14-25H,1-13H3. The molecule has 0 amide bonds. The van der Waals surface area contributed by atoms with E-state index in [0.29, 0.717) is 0 Å². The molecule has 0 saturated carbocycles. The summed E-state index contributed by atoms with van der Waals surface area (Å²) in [5.41, 5.74) is 13.6.